The molecule has 0 bridgehead atoms. The van der Waals surface area contributed by atoms with E-state index in [-0.39, 0.29) is 34.7 Å². The number of aromatic nitrogens is 4. The van der Waals surface area contributed by atoms with Crippen molar-refractivity contribution in [3.63, 3.8) is 0 Å². The average Bonchev–Trinajstić information content (AvgIpc) is 3.35. The van der Waals surface area contributed by atoms with Gasteiger partial charge in [-0.3, -0.25) is 4.79 Å². The minimum absolute atomic E-state index is 0.0384. The Balaban J connectivity index is 1.75. The van der Waals surface area contributed by atoms with Gasteiger partial charge in [0.05, 0.1) is 16.8 Å². The summed E-state index contributed by atoms with van der Waals surface area (Å²) in [4.78, 5) is 12.4. The fourth-order valence-corrected chi connectivity index (χ4v) is 3.73. The Labute approximate surface area is 218 Å². The van der Waals surface area contributed by atoms with Gasteiger partial charge in [-0.1, -0.05) is 11.6 Å². The van der Waals surface area contributed by atoms with Crippen LogP contribution in [0, 0.1) is 11.7 Å². The van der Waals surface area contributed by atoms with E-state index in [9.17, 15) is 44.3 Å². The Morgan fingerprint density at radius 3 is 2.36 bits per heavy atom. The van der Waals surface area contributed by atoms with Crippen molar-refractivity contribution in [2.45, 2.75) is 44.3 Å². The lowest BCUT2D eigenvalue weighted by Crippen LogP contribution is -2.42. The van der Waals surface area contributed by atoms with Crippen LogP contribution in [-0.4, -0.2) is 43.8 Å². The number of aryl methyl sites for hydroxylation is 1. The summed E-state index contributed by atoms with van der Waals surface area (Å²) < 4.78 is 128. The quantitative estimate of drug-likeness (QED) is 0.336. The number of hydrogen-bond donors (Lipinski definition) is 1. The third-order valence-corrected chi connectivity index (χ3v) is 6.13. The van der Waals surface area contributed by atoms with Gasteiger partial charge in [0.25, 0.3) is 11.8 Å². The number of alkyl halides is 8. The second-order valence-corrected chi connectivity index (χ2v) is 9.19. The van der Waals surface area contributed by atoms with Gasteiger partial charge < -0.3 is 10.1 Å². The highest BCUT2D eigenvalue weighted by Crippen LogP contribution is 2.45. The molecule has 0 saturated heterocycles. The third kappa shape index (κ3) is 5.79. The monoisotopic (exact) mass is 589 g/mol. The van der Waals surface area contributed by atoms with Crippen LogP contribution >= 0.6 is 11.6 Å². The van der Waals surface area contributed by atoms with E-state index in [0.29, 0.717) is 9.36 Å². The van der Waals surface area contributed by atoms with E-state index in [2.05, 4.69) is 20.3 Å². The summed E-state index contributed by atoms with van der Waals surface area (Å²) in [7, 11) is 0.882. The number of amides is 1. The lowest BCUT2D eigenvalue weighted by molar-refractivity contribution is -0.300. The molecule has 1 saturated carbocycles. The van der Waals surface area contributed by atoms with Crippen LogP contribution in [-0.2, 0) is 13.2 Å². The van der Waals surface area contributed by atoms with Gasteiger partial charge in [0, 0.05) is 30.4 Å². The molecule has 1 unspecified atom stereocenters. The van der Waals surface area contributed by atoms with Gasteiger partial charge in [0.1, 0.15) is 5.82 Å². The van der Waals surface area contributed by atoms with Crippen LogP contribution in [0.2, 0.25) is 5.02 Å². The van der Waals surface area contributed by atoms with Crippen molar-refractivity contribution < 1.29 is 49.0 Å². The SMILES string of the molecule is CC(C(F)(F)F)C(F)(F)Oc1nn(C)c(-n2cc(-c3cc(C(=O)NC4CC4)c(Cl)cc3F)cn2)c1C(F)(F)F. The maximum atomic E-state index is 14.7. The fourth-order valence-electron chi connectivity index (χ4n) is 3.49. The van der Waals surface area contributed by atoms with Gasteiger partial charge in [-0.05, 0) is 31.9 Å². The Kier molecular flexibility index (Phi) is 7.06. The predicted molar refractivity (Wildman–Crippen MR) is 117 cm³/mol. The topological polar surface area (TPSA) is 74.0 Å². The summed E-state index contributed by atoms with van der Waals surface area (Å²) in [6, 6.07) is 1.84. The zero-order valence-electron chi connectivity index (χ0n) is 19.8. The zero-order valence-corrected chi connectivity index (χ0v) is 20.5. The molecule has 7 nitrogen and oxygen atoms in total. The second kappa shape index (κ2) is 9.64. The van der Waals surface area contributed by atoms with Crippen molar-refractivity contribution in [2.24, 2.45) is 13.0 Å². The largest absolute Gasteiger partial charge is 0.425 e. The predicted octanol–water partition coefficient (Wildman–Crippen LogP) is 6.15. The molecular weight excluding hydrogens is 573 g/mol. The van der Waals surface area contributed by atoms with Crippen LogP contribution in [0.4, 0.5) is 39.5 Å². The molecule has 0 spiro atoms. The first-order valence-corrected chi connectivity index (χ1v) is 11.4. The van der Waals surface area contributed by atoms with E-state index in [1.54, 1.807) is 0 Å². The molecule has 3 aromatic rings. The minimum Gasteiger partial charge on any atom is -0.412 e. The van der Waals surface area contributed by atoms with Crippen LogP contribution in [0.15, 0.2) is 24.5 Å². The van der Waals surface area contributed by atoms with Crippen molar-refractivity contribution in [2.75, 3.05) is 0 Å². The maximum absolute atomic E-state index is 14.7. The number of rotatable bonds is 7. The molecule has 1 aliphatic carbocycles. The van der Waals surface area contributed by atoms with Crippen molar-refractivity contribution in [3.05, 3.63) is 46.5 Å². The zero-order chi connectivity index (χ0) is 29.1. The highest BCUT2D eigenvalue weighted by atomic mass is 35.5. The highest BCUT2D eigenvalue weighted by Gasteiger charge is 2.56. The van der Waals surface area contributed by atoms with Crippen molar-refractivity contribution in [3.8, 4) is 22.8 Å². The van der Waals surface area contributed by atoms with E-state index >= 15 is 0 Å². The molecule has 1 fully saturated rings. The summed E-state index contributed by atoms with van der Waals surface area (Å²) >= 11 is 5.98. The summed E-state index contributed by atoms with van der Waals surface area (Å²) in [5, 5.41) is 9.36. The number of ether oxygens (including phenoxy) is 1. The van der Waals surface area contributed by atoms with Crippen LogP contribution < -0.4 is 10.1 Å². The van der Waals surface area contributed by atoms with E-state index in [1.807, 2.05) is 0 Å². The number of halogens is 10. The van der Waals surface area contributed by atoms with Gasteiger partial charge in [0.2, 0.25) is 0 Å². The molecule has 17 heteroatoms. The maximum Gasteiger partial charge on any atom is 0.425 e. The van der Waals surface area contributed by atoms with Gasteiger partial charge in [-0.15, -0.1) is 5.10 Å². The molecule has 1 atom stereocenters. The first-order chi connectivity index (χ1) is 17.9. The summed E-state index contributed by atoms with van der Waals surface area (Å²) in [6.07, 6.45) is -12.7. The highest BCUT2D eigenvalue weighted by molar-refractivity contribution is 6.34. The lowest BCUT2D eigenvalue weighted by atomic mass is 10.0. The fraction of sp³-hybridized carbons (Fsp3) is 0.409. The molecule has 2 heterocycles. The molecule has 39 heavy (non-hydrogen) atoms. The molecule has 1 aliphatic rings. The van der Waals surface area contributed by atoms with Crippen molar-refractivity contribution in [1.29, 1.82) is 0 Å². The summed E-state index contributed by atoms with van der Waals surface area (Å²) in [5.41, 5.74) is -2.47. The number of carbonyl (C=O) groups excluding carboxylic acids is 1. The van der Waals surface area contributed by atoms with E-state index < -0.39 is 53.4 Å². The molecule has 0 radical (unpaired) electrons. The van der Waals surface area contributed by atoms with Gasteiger partial charge >= 0.3 is 18.5 Å². The number of benzene rings is 1. The van der Waals surface area contributed by atoms with E-state index in [0.717, 1.165) is 44.4 Å². The Morgan fingerprint density at radius 2 is 1.79 bits per heavy atom. The smallest absolute Gasteiger partial charge is 0.412 e. The first kappa shape index (κ1) is 28.6. The summed E-state index contributed by atoms with van der Waals surface area (Å²) in [6.45, 7) is 0.0384. The molecule has 2 aromatic heterocycles. The van der Waals surface area contributed by atoms with E-state index in [4.69, 9.17) is 11.6 Å². The Hall–Kier alpha value is -3.43. The first-order valence-electron chi connectivity index (χ1n) is 11.0. The van der Waals surface area contributed by atoms with Crippen molar-refractivity contribution >= 4 is 17.5 Å². The van der Waals surface area contributed by atoms with Crippen LogP contribution in [0.1, 0.15) is 35.7 Å². The van der Waals surface area contributed by atoms with Crippen LogP contribution in [0.5, 0.6) is 5.88 Å². The molecular formula is C22H17ClF9N5O2. The summed E-state index contributed by atoms with van der Waals surface area (Å²) in [5.74, 6) is -7.85. The molecule has 1 amide bonds. The minimum atomic E-state index is -5.49. The second-order valence-electron chi connectivity index (χ2n) is 8.79. The molecule has 1 N–H and O–H groups in total. The van der Waals surface area contributed by atoms with Crippen LogP contribution in [0.25, 0.3) is 16.9 Å². The number of carbonyl (C=O) groups is 1. The third-order valence-electron chi connectivity index (χ3n) is 5.82. The Morgan fingerprint density at radius 1 is 1.15 bits per heavy atom. The van der Waals surface area contributed by atoms with Crippen molar-refractivity contribution in [1.82, 2.24) is 24.9 Å². The standard InChI is InChI=1S/C22H17ClF9N5O2/c1-9(20(25,26)27)22(31,32)39-18-16(21(28,29)30)19(36(2)35-18)37-8-10(7-33-37)12-5-13(14(23)6-15(12)24)17(38)34-11-3-4-11/h5-9,11H,3-4H2,1-2H3,(H,34,38). The molecule has 4 rings (SSSR count). The lowest BCUT2D eigenvalue weighted by Gasteiger charge is -2.25. The van der Waals surface area contributed by atoms with Crippen LogP contribution in [0.3, 0.4) is 0 Å². The normalized spacial score (nSPS) is 15.4. The van der Waals surface area contributed by atoms with Gasteiger partial charge in [-0.2, -0.15) is 40.2 Å². The Bertz CT molecular complexity index is 1410. The van der Waals surface area contributed by atoms with Gasteiger partial charge in [-0.25, -0.2) is 13.8 Å². The van der Waals surface area contributed by atoms with Gasteiger partial charge in [0.15, 0.2) is 17.3 Å². The molecule has 212 valence electrons. The molecule has 1 aromatic carbocycles. The number of nitrogens with zero attached hydrogens (tertiary/aromatic N) is 4. The molecule has 0 aliphatic heterocycles. The van der Waals surface area contributed by atoms with E-state index in [1.165, 1.54) is 0 Å². The number of hydrogen-bond acceptors (Lipinski definition) is 4. The number of nitrogens with one attached hydrogen (secondary N) is 1. The average molecular weight is 590 g/mol.